The molecule has 270 valence electrons. The summed E-state index contributed by atoms with van der Waals surface area (Å²) < 4.78 is 15.5. The number of aliphatic imine (C=N–C) groups is 2. The summed E-state index contributed by atoms with van der Waals surface area (Å²) in [6.07, 6.45) is 5.04. The Morgan fingerprint density at radius 1 is 0.579 bits per heavy atom. The minimum atomic E-state index is -0.237. The average molecular weight is 735 g/mol. The first-order chi connectivity index (χ1) is 28.2. The molecule has 1 N–H and O–H groups in total. The van der Waals surface area contributed by atoms with Crippen molar-refractivity contribution in [3.8, 4) is 16.8 Å². The highest BCUT2D eigenvalue weighted by Gasteiger charge is 2.26. The molecular weight excluding hydrogens is 701 g/mol. The van der Waals surface area contributed by atoms with Gasteiger partial charge in [0.2, 0.25) is 0 Å². The van der Waals surface area contributed by atoms with E-state index in [-0.39, 0.29) is 12.1 Å². The Morgan fingerprint density at radius 2 is 1.28 bits per heavy atom. The molecule has 2 unspecified atom stereocenters. The molecule has 0 saturated heterocycles. The minimum absolute atomic E-state index is 0.0184. The molecule has 6 heteroatoms. The third kappa shape index (κ3) is 5.11. The number of amidine groups is 2. The van der Waals surface area contributed by atoms with Crippen molar-refractivity contribution in [1.82, 2.24) is 9.88 Å². The van der Waals surface area contributed by atoms with E-state index in [1.54, 1.807) is 0 Å². The molecule has 12 rings (SSSR count). The van der Waals surface area contributed by atoms with Crippen LogP contribution in [0.5, 0.6) is 0 Å². The van der Waals surface area contributed by atoms with Gasteiger partial charge in [0.25, 0.3) is 0 Å². The maximum Gasteiger partial charge on any atom is 0.159 e. The fraction of sp³-hybridized carbons (Fsp3) is 0.0588. The number of aromatic nitrogens is 1. The van der Waals surface area contributed by atoms with Crippen LogP contribution in [0.25, 0.3) is 83.7 Å². The molecular formula is C51H34N4O2. The smallest absolute Gasteiger partial charge is 0.159 e. The summed E-state index contributed by atoms with van der Waals surface area (Å²) in [6, 6.07) is 57.3. The van der Waals surface area contributed by atoms with E-state index in [0.717, 1.165) is 89.6 Å². The zero-order valence-electron chi connectivity index (χ0n) is 30.8. The van der Waals surface area contributed by atoms with Crippen molar-refractivity contribution in [2.45, 2.75) is 12.6 Å². The molecule has 57 heavy (non-hydrogen) atoms. The molecule has 0 saturated carbocycles. The lowest BCUT2D eigenvalue weighted by Gasteiger charge is -2.27. The van der Waals surface area contributed by atoms with Crippen LogP contribution < -0.4 is 16.0 Å². The van der Waals surface area contributed by atoms with Gasteiger partial charge in [-0.1, -0.05) is 127 Å². The van der Waals surface area contributed by atoms with Gasteiger partial charge in [0, 0.05) is 54.9 Å². The first-order valence-corrected chi connectivity index (χ1v) is 19.5. The summed E-state index contributed by atoms with van der Waals surface area (Å²) in [4.78, 5) is 10.2. The molecule has 0 radical (unpaired) electrons. The second-order valence-electron chi connectivity index (χ2n) is 14.9. The lowest BCUT2D eigenvalue weighted by molar-refractivity contribution is 0.569. The molecule has 1 aliphatic carbocycles. The molecule has 1 aliphatic heterocycles. The molecule has 3 aromatic heterocycles. The molecule has 0 bridgehead atoms. The van der Waals surface area contributed by atoms with Gasteiger partial charge in [0.15, 0.2) is 5.84 Å². The van der Waals surface area contributed by atoms with Gasteiger partial charge in [0.05, 0.1) is 11.0 Å². The lowest BCUT2D eigenvalue weighted by Crippen LogP contribution is -2.39. The first-order valence-electron chi connectivity index (χ1n) is 19.5. The normalized spacial score (nSPS) is 16.6. The molecule has 6 nitrogen and oxygen atoms in total. The summed E-state index contributed by atoms with van der Waals surface area (Å²) in [6.45, 7) is 0. The topological polar surface area (TPSA) is 68.0 Å². The van der Waals surface area contributed by atoms with Crippen molar-refractivity contribution in [1.29, 1.82) is 0 Å². The van der Waals surface area contributed by atoms with Gasteiger partial charge in [-0.25, -0.2) is 9.98 Å². The Morgan fingerprint density at radius 3 is 2.09 bits per heavy atom. The van der Waals surface area contributed by atoms with Crippen molar-refractivity contribution < 1.29 is 8.83 Å². The van der Waals surface area contributed by atoms with Gasteiger partial charge in [-0.15, -0.1) is 0 Å². The quantitative estimate of drug-likeness (QED) is 0.191. The Bertz CT molecular complexity index is 3370. The Balaban J connectivity index is 0.955. The summed E-state index contributed by atoms with van der Waals surface area (Å²) >= 11 is 0. The first kappa shape index (κ1) is 31.9. The van der Waals surface area contributed by atoms with E-state index in [4.69, 9.17) is 18.8 Å². The SMILES string of the molecule is C1=c2oc3ccc(-c4cccc5c4oc4ccc(-n6c7ccccc7c7ccccc76)cc45)cc3c2=CC(C2=NC(c3ccccc3)=NC(c3ccccc3)N2)C1. The molecule has 4 heterocycles. The van der Waals surface area contributed by atoms with E-state index in [1.165, 1.54) is 21.8 Å². The van der Waals surface area contributed by atoms with Gasteiger partial charge in [-0.3, -0.25) is 0 Å². The second-order valence-corrected chi connectivity index (χ2v) is 14.9. The van der Waals surface area contributed by atoms with Crippen LogP contribution in [0.1, 0.15) is 23.7 Å². The number of hydrogen-bond donors (Lipinski definition) is 1. The van der Waals surface area contributed by atoms with Crippen molar-refractivity contribution in [2.24, 2.45) is 15.9 Å². The summed E-state index contributed by atoms with van der Waals surface area (Å²) in [5.41, 5.74) is 11.2. The largest absolute Gasteiger partial charge is 0.456 e. The fourth-order valence-electron chi connectivity index (χ4n) is 8.85. The van der Waals surface area contributed by atoms with Crippen LogP contribution in [0.15, 0.2) is 183 Å². The average Bonchev–Trinajstić information content (AvgIpc) is 3.95. The van der Waals surface area contributed by atoms with Gasteiger partial charge in [-0.2, -0.15) is 0 Å². The predicted molar refractivity (Wildman–Crippen MR) is 232 cm³/mol. The maximum absolute atomic E-state index is 6.70. The second kappa shape index (κ2) is 12.5. The zero-order chi connectivity index (χ0) is 37.5. The third-order valence-electron chi connectivity index (χ3n) is 11.6. The highest BCUT2D eigenvalue weighted by Crippen LogP contribution is 2.39. The van der Waals surface area contributed by atoms with E-state index in [9.17, 15) is 0 Å². The minimum Gasteiger partial charge on any atom is -0.456 e. The van der Waals surface area contributed by atoms with Crippen LogP contribution in [0.2, 0.25) is 0 Å². The number of benzene rings is 7. The number of nitrogens with one attached hydrogen (secondary N) is 1. The number of furan rings is 2. The van der Waals surface area contributed by atoms with Crippen LogP contribution in [-0.2, 0) is 0 Å². The molecule has 0 fully saturated rings. The molecule has 7 aromatic carbocycles. The van der Waals surface area contributed by atoms with Gasteiger partial charge >= 0.3 is 0 Å². The zero-order valence-corrected chi connectivity index (χ0v) is 30.8. The van der Waals surface area contributed by atoms with Crippen LogP contribution >= 0.6 is 0 Å². The standard InChI is InChI=1S/C51H34N4O2/c1-3-12-31(13-4-1)49-52-50(32-14-5-2-6-15-32)54-51(53-49)34-23-26-46-41(29-34)40-28-33(22-25-45(40)56-46)36-18-11-19-39-42-30-35(24-27-47(42)57-48(36)39)55-43-20-9-7-16-37(43)38-17-8-10-21-44(38)55/h1-22,24-30,34,49H,23H2,(H,52,53,54). The van der Waals surface area contributed by atoms with Crippen molar-refractivity contribution >= 4 is 78.5 Å². The molecule has 0 spiro atoms. The van der Waals surface area contributed by atoms with Crippen LogP contribution in [0.4, 0.5) is 0 Å². The number of rotatable bonds is 5. The Hall–Kier alpha value is -7.44. The highest BCUT2D eigenvalue weighted by atomic mass is 16.3. The molecule has 2 atom stereocenters. The van der Waals surface area contributed by atoms with E-state index in [2.05, 4.69) is 162 Å². The lowest BCUT2D eigenvalue weighted by atomic mass is 9.95. The number of hydrogen-bond acceptors (Lipinski definition) is 5. The molecule has 2 aliphatic rings. The number of nitrogens with zero attached hydrogens (tertiary/aromatic N) is 3. The predicted octanol–water partition coefficient (Wildman–Crippen LogP) is 10.8. The van der Waals surface area contributed by atoms with Gasteiger partial charge in [0.1, 0.15) is 34.2 Å². The number of fused-ring (bicyclic) bond motifs is 9. The van der Waals surface area contributed by atoms with E-state index in [0.29, 0.717) is 0 Å². The Kier molecular flexibility index (Phi) is 7.01. The summed E-state index contributed by atoms with van der Waals surface area (Å²) in [5.74, 6) is 1.65. The number of para-hydroxylation sites is 3. The van der Waals surface area contributed by atoms with Crippen LogP contribution in [-0.4, -0.2) is 16.2 Å². The highest BCUT2D eigenvalue weighted by molar-refractivity contribution is 6.13. The van der Waals surface area contributed by atoms with E-state index in [1.807, 2.05) is 24.3 Å². The van der Waals surface area contributed by atoms with Crippen molar-refractivity contribution in [3.05, 3.63) is 186 Å². The van der Waals surface area contributed by atoms with E-state index >= 15 is 0 Å². The maximum atomic E-state index is 6.70. The van der Waals surface area contributed by atoms with Crippen LogP contribution in [0.3, 0.4) is 0 Å². The molecule has 10 aromatic rings. The fourth-order valence-corrected chi connectivity index (χ4v) is 8.85. The summed E-state index contributed by atoms with van der Waals surface area (Å²) in [5, 5.41) is 10.5. The Labute approximate surface area is 327 Å². The van der Waals surface area contributed by atoms with E-state index < -0.39 is 0 Å². The van der Waals surface area contributed by atoms with Crippen LogP contribution in [0, 0.1) is 5.92 Å². The molecule has 0 amide bonds. The van der Waals surface area contributed by atoms with Crippen molar-refractivity contribution in [2.75, 3.05) is 0 Å². The monoisotopic (exact) mass is 734 g/mol. The van der Waals surface area contributed by atoms with Gasteiger partial charge in [-0.05, 0) is 66.1 Å². The third-order valence-corrected chi connectivity index (χ3v) is 11.6. The van der Waals surface area contributed by atoms with Gasteiger partial charge < -0.3 is 18.7 Å². The summed E-state index contributed by atoms with van der Waals surface area (Å²) in [7, 11) is 0. The van der Waals surface area contributed by atoms with Crippen molar-refractivity contribution in [3.63, 3.8) is 0 Å².